The maximum atomic E-state index is 13.2. The number of benzene rings is 2. The Labute approximate surface area is 170 Å². The normalized spacial score (nSPS) is 20.7. The van der Waals surface area contributed by atoms with Crippen LogP contribution in [0.2, 0.25) is 10.0 Å². The van der Waals surface area contributed by atoms with Gasteiger partial charge in [-0.15, -0.1) is 0 Å². The second-order valence-electron chi connectivity index (χ2n) is 6.15. The van der Waals surface area contributed by atoms with Crippen LogP contribution in [-0.4, -0.2) is 37.8 Å². The number of methoxy groups -OCH3 is 2. The number of anilines is 1. The van der Waals surface area contributed by atoms with Gasteiger partial charge in [0.2, 0.25) is 12.0 Å². The number of hydrogen-bond donors (Lipinski definition) is 0. The minimum atomic E-state index is -1.06. The molecule has 4 rings (SSSR count). The molecule has 0 aliphatic carbocycles. The van der Waals surface area contributed by atoms with E-state index in [1.165, 1.54) is 26.4 Å². The lowest BCUT2D eigenvalue weighted by Crippen LogP contribution is -2.33. The zero-order chi connectivity index (χ0) is 20.0. The van der Waals surface area contributed by atoms with Gasteiger partial charge in [0.05, 0.1) is 24.9 Å². The summed E-state index contributed by atoms with van der Waals surface area (Å²) in [6, 6.07) is 9.63. The molecule has 2 aliphatic rings. The summed E-state index contributed by atoms with van der Waals surface area (Å²) in [7, 11) is 3.02. The van der Waals surface area contributed by atoms with Crippen LogP contribution < -0.4 is 14.4 Å². The molecule has 2 aliphatic heterocycles. The fourth-order valence-electron chi connectivity index (χ4n) is 3.31. The molecule has 1 saturated heterocycles. The average molecular weight is 421 g/mol. The topological polar surface area (TPSA) is 77.4 Å². The minimum Gasteiger partial charge on any atom is -0.497 e. The molecule has 0 unspecified atom stereocenters. The van der Waals surface area contributed by atoms with E-state index < -0.39 is 23.8 Å². The molecule has 7 nitrogen and oxygen atoms in total. The zero-order valence-electron chi connectivity index (χ0n) is 14.8. The van der Waals surface area contributed by atoms with Crippen LogP contribution in [0.5, 0.6) is 11.5 Å². The van der Waals surface area contributed by atoms with Gasteiger partial charge in [0.25, 0.3) is 5.91 Å². The number of oxime groups is 1. The molecule has 0 N–H and O–H groups in total. The molecule has 1 fully saturated rings. The van der Waals surface area contributed by atoms with Gasteiger partial charge >= 0.3 is 0 Å². The Morgan fingerprint density at radius 2 is 1.82 bits per heavy atom. The minimum absolute atomic E-state index is 0.187. The maximum absolute atomic E-state index is 13.2. The molecule has 2 heterocycles. The van der Waals surface area contributed by atoms with Crippen LogP contribution in [0.1, 0.15) is 5.56 Å². The maximum Gasteiger partial charge on any atom is 0.279 e. The van der Waals surface area contributed by atoms with Crippen molar-refractivity contribution in [2.24, 2.45) is 11.1 Å². The molecule has 144 valence electrons. The summed E-state index contributed by atoms with van der Waals surface area (Å²) in [5.74, 6) is -0.913. The fourth-order valence-corrected chi connectivity index (χ4v) is 3.81. The molecular weight excluding hydrogens is 407 g/mol. The lowest BCUT2D eigenvalue weighted by molar-refractivity contribution is -0.126. The molecule has 28 heavy (non-hydrogen) atoms. The highest BCUT2D eigenvalue weighted by Gasteiger charge is 2.56. The standard InChI is InChI=1S/C19H14Cl2N2O5/c1-26-10-4-6-14(27-2)11(8-10)16-15-17(28-22-16)19(25)23(18(15)24)13-5-3-9(20)7-12(13)21/h3-8,15,17H,1-2H3/t15-,17+/m0/s1. The van der Waals surface area contributed by atoms with Gasteiger partial charge in [0.1, 0.15) is 23.1 Å². The largest absolute Gasteiger partial charge is 0.497 e. The highest BCUT2D eigenvalue weighted by atomic mass is 35.5. The summed E-state index contributed by atoms with van der Waals surface area (Å²) < 4.78 is 10.6. The number of amides is 2. The average Bonchev–Trinajstić information content (AvgIpc) is 3.22. The van der Waals surface area contributed by atoms with Gasteiger partial charge in [0.15, 0.2) is 0 Å². The summed E-state index contributed by atoms with van der Waals surface area (Å²) in [5.41, 5.74) is 1.06. The van der Waals surface area contributed by atoms with E-state index in [4.69, 9.17) is 37.5 Å². The van der Waals surface area contributed by atoms with Gasteiger partial charge in [-0.05, 0) is 36.4 Å². The number of imide groups is 1. The Bertz CT molecular complexity index is 1020. The second kappa shape index (κ2) is 7.00. The van der Waals surface area contributed by atoms with Gasteiger partial charge in [-0.1, -0.05) is 28.4 Å². The van der Waals surface area contributed by atoms with E-state index in [1.54, 1.807) is 24.3 Å². The van der Waals surface area contributed by atoms with Crippen LogP contribution in [0.25, 0.3) is 0 Å². The fraction of sp³-hybridized carbons (Fsp3) is 0.211. The first-order chi connectivity index (χ1) is 13.5. The van der Waals surface area contributed by atoms with Crippen LogP contribution in [0.4, 0.5) is 5.69 Å². The summed E-state index contributed by atoms with van der Waals surface area (Å²) in [6.45, 7) is 0. The molecule has 0 spiro atoms. The highest BCUT2D eigenvalue weighted by Crippen LogP contribution is 2.40. The summed E-state index contributed by atoms with van der Waals surface area (Å²) in [4.78, 5) is 32.3. The third-order valence-electron chi connectivity index (χ3n) is 4.65. The lowest BCUT2D eigenvalue weighted by atomic mass is 9.93. The van der Waals surface area contributed by atoms with Gasteiger partial charge in [0, 0.05) is 10.6 Å². The molecule has 2 aromatic carbocycles. The van der Waals surface area contributed by atoms with E-state index >= 15 is 0 Å². The first-order valence-corrected chi connectivity index (χ1v) is 9.01. The smallest absolute Gasteiger partial charge is 0.279 e. The van der Waals surface area contributed by atoms with Crippen molar-refractivity contribution in [1.29, 1.82) is 0 Å². The SMILES string of the molecule is COc1ccc(OC)c(C2=NO[C@H]3C(=O)N(c4ccc(Cl)cc4Cl)C(=O)[C@@H]23)c1. The van der Waals surface area contributed by atoms with Crippen molar-refractivity contribution < 1.29 is 23.9 Å². The van der Waals surface area contributed by atoms with Crippen LogP contribution in [0.3, 0.4) is 0 Å². The number of halogens is 2. The Hall–Kier alpha value is -2.77. The van der Waals surface area contributed by atoms with E-state index in [-0.39, 0.29) is 10.7 Å². The van der Waals surface area contributed by atoms with Gasteiger partial charge < -0.3 is 14.3 Å². The first kappa shape index (κ1) is 18.6. The summed E-state index contributed by atoms with van der Waals surface area (Å²) >= 11 is 12.1. The molecule has 0 bridgehead atoms. The number of carbonyl (C=O) groups is 2. The Morgan fingerprint density at radius 1 is 1.04 bits per heavy atom. The molecule has 0 aromatic heterocycles. The van der Waals surface area contributed by atoms with Crippen molar-refractivity contribution in [2.75, 3.05) is 19.1 Å². The quantitative estimate of drug-likeness (QED) is 0.709. The summed E-state index contributed by atoms with van der Waals surface area (Å²) in [6.07, 6.45) is -1.06. The van der Waals surface area contributed by atoms with E-state index in [9.17, 15) is 9.59 Å². The molecule has 0 saturated carbocycles. The van der Waals surface area contributed by atoms with Crippen LogP contribution in [0.15, 0.2) is 41.6 Å². The van der Waals surface area contributed by atoms with Crippen LogP contribution >= 0.6 is 23.2 Å². The number of carbonyl (C=O) groups excluding carboxylic acids is 2. The molecule has 2 amide bonds. The van der Waals surface area contributed by atoms with Crippen molar-refractivity contribution in [3.63, 3.8) is 0 Å². The predicted octanol–water partition coefficient (Wildman–Crippen LogP) is 3.30. The third kappa shape index (κ3) is 2.78. The number of ether oxygens (including phenoxy) is 2. The lowest BCUT2D eigenvalue weighted by Gasteiger charge is -2.17. The molecule has 2 aromatic rings. The van der Waals surface area contributed by atoms with Crippen LogP contribution in [-0.2, 0) is 14.4 Å². The van der Waals surface area contributed by atoms with E-state index in [1.807, 2.05) is 0 Å². The van der Waals surface area contributed by atoms with Crippen molar-refractivity contribution in [1.82, 2.24) is 0 Å². The van der Waals surface area contributed by atoms with Crippen molar-refractivity contribution >= 4 is 46.4 Å². The molecule has 2 atom stereocenters. The first-order valence-electron chi connectivity index (χ1n) is 8.25. The van der Waals surface area contributed by atoms with Gasteiger partial charge in [-0.2, -0.15) is 0 Å². The predicted molar refractivity (Wildman–Crippen MR) is 103 cm³/mol. The number of fused-ring (bicyclic) bond motifs is 1. The number of rotatable bonds is 4. The second-order valence-corrected chi connectivity index (χ2v) is 7.00. The van der Waals surface area contributed by atoms with E-state index in [0.717, 1.165) is 4.90 Å². The van der Waals surface area contributed by atoms with Gasteiger partial charge in [-0.25, -0.2) is 4.90 Å². The summed E-state index contributed by atoms with van der Waals surface area (Å²) in [5, 5.41) is 4.58. The van der Waals surface area contributed by atoms with Crippen LogP contribution in [0, 0.1) is 5.92 Å². The molecule has 9 heteroatoms. The van der Waals surface area contributed by atoms with E-state index in [0.29, 0.717) is 27.8 Å². The Kier molecular flexibility index (Phi) is 4.64. The molecular formula is C19H14Cl2N2O5. The zero-order valence-corrected chi connectivity index (χ0v) is 16.3. The Balaban J connectivity index is 1.75. The number of nitrogens with zero attached hydrogens (tertiary/aromatic N) is 2. The Morgan fingerprint density at radius 3 is 2.50 bits per heavy atom. The van der Waals surface area contributed by atoms with Crippen molar-refractivity contribution in [2.45, 2.75) is 6.10 Å². The van der Waals surface area contributed by atoms with Crippen molar-refractivity contribution in [3.05, 3.63) is 52.0 Å². The third-order valence-corrected chi connectivity index (χ3v) is 5.18. The highest BCUT2D eigenvalue weighted by molar-refractivity contribution is 6.40. The number of hydrogen-bond acceptors (Lipinski definition) is 6. The monoisotopic (exact) mass is 420 g/mol. The van der Waals surface area contributed by atoms with E-state index in [2.05, 4.69) is 5.16 Å². The van der Waals surface area contributed by atoms with Gasteiger partial charge in [-0.3, -0.25) is 9.59 Å². The molecule has 0 radical (unpaired) electrons. The van der Waals surface area contributed by atoms with Crippen molar-refractivity contribution in [3.8, 4) is 11.5 Å².